The average Bonchev–Trinajstić information content (AvgIpc) is 3.05. The molecule has 3 nitrogen and oxygen atoms in total. The van der Waals surface area contributed by atoms with E-state index in [9.17, 15) is 4.79 Å². The van der Waals surface area contributed by atoms with E-state index in [4.69, 9.17) is 4.74 Å². The maximum Gasteiger partial charge on any atom is 0.252 e. The third-order valence-electron chi connectivity index (χ3n) is 2.87. The second kappa shape index (κ2) is 7.45. The minimum Gasteiger partial charge on any atom is -0.497 e. The Balaban J connectivity index is 2.31. The van der Waals surface area contributed by atoms with Crippen molar-refractivity contribution in [3.8, 4) is 5.75 Å². The summed E-state index contributed by atoms with van der Waals surface area (Å²) in [5.74, 6) is 0.689. The van der Waals surface area contributed by atoms with Crippen molar-refractivity contribution >= 4 is 28.9 Å². The molecule has 2 rings (SSSR count). The maximum atomic E-state index is 12.3. The van der Waals surface area contributed by atoms with Gasteiger partial charge in [-0.05, 0) is 35.2 Å². The highest BCUT2D eigenvalue weighted by molar-refractivity contribution is 7.11. The number of thiophene rings is 1. The zero-order valence-electron chi connectivity index (χ0n) is 11.8. The van der Waals surface area contributed by atoms with E-state index in [0.29, 0.717) is 12.1 Å². The lowest BCUT2D eigenvalue weighted by Gasteiger charge is -2.06. The van der Waals surface area contributed by atoms with Crippen LogP contribution in [0.5, 0.6) is 5.75 Å². The molecule has 0 fully saturated rings. The third-order valence-corrected chi connectivity index (χ3v) is 3.77. The fourth-order valence-electron chi connectivity index (χ4n) is 1.81. The molecule has 0 bridgehead atoms. The van der Waals surface area contributed by atoms with Crippen LogP contribution < -0.4 is 10.1 Å². The molecule has 1 N–H and O–H groups in total. The van der Waals surface area contributed by atoms with Gasteiger partial charge in [0.05, 0.1) is 12.7 Å². The van der Waals surface area contributed by atoms with Crippen LogP contribution in [0.4, 0.5) is 0 Å². The minimum atomic E-state index is -0.104. The Bertz CT molecular complexity index is 627. The number of rotatable bonds is 6. The molecule has 1 amide bonds. The number of hydrogen-bond acceptors (Lipinski definition) is 3. The Morgan fingerprint density at radius 1 is 1.33 bits per heavy atom. The zero-order chi connectivity index (χ0) is 15.1. The maximum absolute atomic E-state index is 12.3. The Kier molecular flexibility index (Phi) is 5.35. The summed E-state index contributed by atoms with van der Waals surface area (Å²) in [7, 11) is 1.63. The molecule has 0 saturated carbocycles. The lowest BCUT2D eigenvalue weighted by molar-refractivity contribution is -0.115. The quantitative estimate of drug-likeness (QED) is 0.654. The molecule has 0 aliphatic rings. The summed E-state index contributed by atoms with van der Waals surface area (Å²) < 4.78 is 5.14. The van der Waals surface area contributed by atoms with E-state index >= 15 is 0 Å². The predicted molar refractivity (Wildman–Crippen MR) is 88.4 cm³/mol. The highest BCUT2D eigenvalue weighted by Crippen LogP contribution is 2.24. The minimum absolute atomic E-state index is 0.104. The first-order valence-electron chi connectivity index (χ1n) is 6.53. The van der Waals surface area contributed by atoms with Crippen molar-refractivity contribution in [1.29, 1.82) is 0 Å². The molecule has 2 aromatic rings. The largest absolute Gasteiger partial charge is 0.497 e. The Labute approximate surface area is 128 Å². The number of methoxy groups -OCH3 is 1. The fraction of sp³-hybridized carbons (Fsp3) is 0.118. The number of carbonyl (C=O) groups is 1. The molecule has 0 atom stereocenters. The highest BCUT2D eigenvalue weighted by atomic mass is 32.1. The lowest BCUT2D eigenvalue weighted by atomic mass is 10.1. The highest BCUT2D eigenvalue weighted by Gasteiger charge is 2.12. The van der Waals surface area contributed by atoms with Crippen molar-refractivity contribution in [3.63, 3.8) is 0 Å². The molecule has 0 unspecified atom stereocenters. The van der Waals surface area contributed by atoms with Gasteiger partial charge in [-0.3, -0.25) is 4.79 Å². The van der Waals surface area contributed by atoms with Gasteiger partial charge in [-0.2, -0.15) is 0 Å². The molecule has 0 saturated heterocycles. The zero-order valence-corrected chi connectivity index (χ0v) is 12.7. The molecule has 0 spiro atoms. The van der Waals surface area contributed by atoms with E-state index in [1.54, 1.807) is 24.5 Å². The van der Waals surface area contributed by atoms with E-state index in [-0.39, 0.29) is 5.91 Å². The number of hydrogen-bond donors (Lipinski definition) is 1. The van der Waals surface area contributed by atoms with E-state index in [1.165, 1.54) is 0 Å². The number of ether oxygens (including phenoxy) is 1. The molecule has 1 aromatic carbocycles. The van der Waals surface area contributed by atoms with Crippen LogP contribution in [0.15, 0.2) is 54.4 Å². The second-order valence-corrected chi connectivity index (χ2v) is 5.25. The lowest BCUT2D eigenvalue weighted by Crippen LogP contribution is -2.23. The Hall–Kier alpha value is -2.33. The van der Waals surface area contributed by atoms with Gasteiger partial charge in [-0.15, -0.1) is 17.9 Å². The predicted octanol–water partition coefficient (Wildman–Crippen LogP) is 3.60. The summed E-state index contributed by atoms with van der Waals surface area (Å²) >= 11 is 1.54. The molecule has 0 aliphatic heterocycles. The topological polar surface area (TPSA) is 38.3 Å². The summed E-state index contributed by atoms with van der Waals surface area (Å²) in [6.07, 6.45) is 3.54. The van der Waals surface area contributed by atoms with Crippen molar-refractivity contribution in [1.82, 2.24) is 5.32 Å². The van der Waals surface area contributed by atoms with Gasteiger partial charge in [0, 0.05) is 11.4 Å². The first-order chi connectivity index (χ1) is 10.2. The van der Waals surface area contributed by atoms with Crippen LogP contribution in [0.2, 0.25) is 0 Å². The van der Waals surface area contributed by atoms with Crippen molar-refractivity contribution in [2.75, 3.05) is 13.7 Å². The van der Waals surface area contributed by atoms with Gasteiger partial charge in [-0.1, -0.05) is 24.3 Å². The number of nitrogens with one attached hydrogen (secondary N) is 1. The van der Waals surface area contributed by atoms with E-state index < -0.39 is 0 Å². The van der Waals surface area contributed by atoms with Crippen molar-refractivity contribution in [2.24, 2.45) is 0 Å². The first kappa shape index (κ1) is 15.1. The van der Waals surface area contributed by atoms with Crippen LogP contribution in [-0.4, -0.2) is 19.6 Å². The van der Waals surface area contributed by atoms with Crippen molar-refractivity contribution in [2.45, 2.75) is 0 Å². The molecule has 21 heavy (non-hydrogen) atoms. The molecule has 4 heteroatoms. The number of carbonyl (C=O) groups excluding carboxylic acids is 1. The molecule has 0 aliphatic carbocycles. The van der Waals surface area contributed by atoms with Crippen LogP contribution in [0.25, 0.3) is 11.6 Å². The summed E-state index contributed by atoms with van der Waals surface area (Å²) in [5, 5.41) is 4.78. The van der Waals surface area contributed by atoms with Crippen LogP contribution >= 0.6 is 11.3 Å². The fourth-order valence-corrected chi connectivity index (χ4v) is 2.55. The monoisotopic (exact) mass is 299 g/mol. The average molecular weight is 299 g/mol. The number of benzene rings is 1. The van der Waals surface area contributed by atoms with E-state index in [1.807, 2.05) is 47.9 Å². The summed E-state index contributed by atoms with van der Waals surface area (Å²) in [4.78, 5) is 13.2. The van der Waals surface area contributed by atoms with Crippen LogP contribution in [0.3, 0.4) is 0 Å². The van der Waals surface area contributed by atoms with Crippen LogP contribution in [0.1, 0.15) is 10.4 Å². The molecular weight excluding hydrogens is 282 g/mol. The molecule has 1 heterocycles. The molecular formula is C17H17NO2S. The van der Waals surface area contributed by atoms with Crippen molar-refractivity contribution < 1.29 is 9.53 Å². The van der Waals surface area contributed by atoms with Crippen LogP contribution in [0, 0.1) is 0 Å². The summed E-state index contributed by atoms with van der Waals surface area (Å²) in [6.45, 7) is 4.06. The van der Waals surface area contributed by atoms with Gasteiger partial charge in [0.15, 0.2) is 0 Å². The van der Waals surface area contributed by atoms with Gasteiger partial charge in [0.2, 0.25) is 0 Å². The third kappa shape index (κ3) is 4.07. The van der Waals surface area contributed by atoms with Gasteiger partial charge >= 0.3 is 0 Å². The van der Waals surface area contributed by atoms with E-state index in [2.05, 4.69) is 11.9 Å². The normalized spacial score (nSPS) is 11.0. The second-order valence-electron chi connectivity index (χ2n) is 4.31. The molecule has 0 radical (unpaired) electrons. The Morgan fingerprint density at radius 2 is 2.10 bits per heavy atom. The van der Waals surface area contributed by atoms with Crippen molar-refractivity contribution in [3.05, 3.63) is 64.9 Å². The first-order valence-corrected chi connectivity index (χ1v) is 7.41. The van der Waals surface area contributed by atoms with Crippen LogP contribution in [-0.2, 0) is 4.79 Å². The van der Waals surface area contributed by atoms with Gasteiger partial charge < -0.3 is 10.1 Å². The van der Waals surface area contributed by atoms with Gasteiger partial charge in [0.25, 0.3) is 5.91 Å². The van der Waals surface area contributed by atoms with Gasteiger partial charge in [-0.25, -0.2) is 0 Å². The smallest absolute Gasteiger partial charge is 0.252 e. The van der Waals surface area contributed by atoms with Gasteiger partial charge in [0.1, 0.15) is 5.75 Å². The Morgan fingerprint density at radius 3 is 2.67 bits per heavy atom. The SMILES string of the molecule is C=CCNC(=O)/C(=C/c1ccc(OC)cc1)c1cccs1. The summed E-state index contributed by atoms with van der Waals surface area (Å²) in [5.41, 5.74) is 1.60. The molecule has 108 valence electrons. The van der Waals surface area contributed by atoms with E-state index in [0.717, 1.165) is 16.2 Å². The molecule has 1 aromatic heterocycles. The number of amides is 1. The summed E-state index contributed by atoms with van der Waals surface area (Å²) in [6, 6.07) is 11.5. The standard InChI is InChI=1S/C17H17NO2S/c1-3-10-18-17(19)15(16-5-4-11-21-16)12-13-6-8-14(20-2)9-7-13/h3-9,11-12H,1,10H2,2H3,(H,18,19)/b15-12+.